The molecular weight excluding hydrogens is 236 g/mol. The summed E-state index contributed by atoms with van der Waals surface area (Å²) in [5.74, 6) is 1.56. The third-order valence-corrected chi connectivity index (χ3v) is 2.88. The van der Waals surface area contributed by atoms with E-state index in [1.165, 1.54) is 0 Å². The van der Waals surface area contributed by atoms with Gasteiger partial charge in [0.25, 0.3) is 0 Å². The highest BCUT2D eigenvalue weighted by atomic mass is 16.5. The maximum Gasteiger partial charge on any atom is 0.219 e. The van der Waals surface area contributed by atoms with Crippen LogP contribution in [0.5, 0.6) is 11.6 Å². The fourth-order valence-electron chi connectivity index (χ4n) is 1.87. The molecule has 0 unspecified atom stereocenters. The van der Waals surface area contributed by atoms with Crippen molar-refractivity contribution in [3.05, 3.63) is 53.2 Å². The number of aryl methyl sites for hydroxylation is 1. The van der Waals surface area contributed by atoms with Gasteiger partial charge in [-0.2, -0.15) is 5.26 Å². The van der Waals surface area contributed by atoms with Crippen LogP contribution in [0, 0.1) is 18.3 Å². The van der Waals surface area contributed by atoms with Gasteiger partial charge in [0.15, 0.2) is 0 Å². The largest absolute Gasteiger partial charge is 0.439 e. The van der Waals surface area contributed by atoms with Crippen molar-refractivity contribution in [2.75, 3.05) is 0 Å². The first kappa shape index (κ1) is 13.1. The smallest absolute Gasteiger partial charge is 0.219 e. The standard InChI is InChI=1S/C16H16N2O/c1-11(2)15-9-14(5-4-13(15)10-17)19-16-8-12(3)6-7-18-16/h4-9,11H,1-3H3. The van der Waals surface area contributed by atoms with Crippen LogP contribution in [0.4, 0.5) is 0 Å². The van der Waals surface area contributed by atoms with Crippen molar-refractivity contribution >= 4 is 0 Å². The van der Waals surface area contributed by atoms with Crippen molar-refractivity contribution in [3.63, 3.8) is 0 Å². The number of aromatic nitrogens is 1. The number of rotatable bonds is 3. The van der Waals surface area contributed by atoms with Crippen LogP contribution >= 0.6 is 0 Å². The Balaban J connectivity index is 2.32. The van der Waals surface area contributed by atoms with Gasteiger partial charge in [0, 0.05) is 12.3 Å². The van der Waals surface area contributed by atoms with E-state index in [0.717, 1.165) is 11.1 Å². The van der Waals surface area contributed by atoms with Gasteiger partial charge in [-0.1, -0.05) is 13.8 Å². The first-order valence-corrected chi connectivity index (χ1v) is 6.24. The van der Waals surface area contributed by atoms with E-state index in [9.17, 15) is 0 Å². The molecule has 0 atom stereocenters. The number of benzene rings is 1. The summed E-state index contributed by atoms with van der Waals surface area (Å²) in [7, 11) is 0. The summed E-state index contributed by atoms with van der Waals surface area (Å²) in [5, 5.41) is 9.08. The van der Waals surface area contributed by atoms with Crippen LogP contribution in [0.2, 0.25) is 0 Å². The quantitative estimate of drug-likeness (QED) is 0.823. The summed E-state index contributed by atoms with van der Waals surface area (Å²) in [5.41, 5.74) is 2.79. The Morgan fingerprint density at radius 1 is 1.21 bits per heavy atom. The summed E-state index contributed by atoms with van der Waals surface area (Å²) < 4.78 is 5.73. The molecule has 0 saturated heterocycles. The molecule has 0 saturated carbocycles. The van der Waals surface area contributed by atoms with Gasteiger partial charge < -0.3 is 4.74 Å². The van der Waals surface area contributed by atoms with E-state index in [0.29, 0.717) is 17.2 Å². The first-order chi connectivity index (χ1) is 9.10. The van der Waals surface area contributed by atoms with Crippen molar-refractivity contribution in [2.45, 2.75) is 26.7 Å². The van der Waals surface area contributed by atoms with Gasteiger partial charge in [0.1, 0.15) is 5.75 Å². The van der Waals surface area contributed by atoms with Crippen molar-refractivity contribution in [2.24, 2.45) is 0 Å². The predicted octanol–water partition coefficient (Wildman–Crippen LogP) is 4.18. The number of hydrogen-bond donors (Lipinski definition) is 0. The molecule has 0 aliphatic heterocycles. The molecule has 0 bridgehead atoms. The minimum Gasteiger partial charge on any atom is -0.439 e. The Morgan fingerprint density at radius 2 is 2.00 bits per heavy atom. The Labute approximate surface area is 113 Å². The Bertz CT molecular complexity index is 627. The Kier molecular flexibility index (Phi) is 3.82. The molecule has 0 N–H and O–H groups in total. The van der Waals surface area contributed by atoms with Crippen LogP contribution in [0.3, 0.4) is 0 Å². The van der Waals surface area contributed by atoms with E-state index in [2.05, 4.69) is 24.9 Å². The molecule has 3 heteroatoms. The zero-order chi connectivity index (χ0) is 13.8. The summed E-state index contributed by atoms with van der Waals surface area (Å²) in [6.45, 7) is 6.11. The molecule has 0 radical (unpaired) electrons. The molecule has 0 amide bonds. The van der Waals surface area contributed by atoms with E-state index < -0.39 is 0 Å². The maximum atomic E-state index is 9.08. The van der Waals surface area contributed by atoms with Crippen molar-refractivity contribution in [1.82, 2.24) is 4.98 Å². The lowest BCUT2D eigenvalue weighted by Crippen LogP contribution is -1.95. The second-order valence-corrected chi connectivity index (χ2v) is 4.79. The molecule has 0 fully saturated rings. The average molecular weight is 252 g/mol. The topological polar surface area (TPSA) is 45.9 Å². The minimum absolute atomic E-state index is 0.281. The van der Waals surface area contributed by atoms with Gasteiger partial charge in [-0.25, -0.2) is 4.98 Å². The third-order valence-electron chi connectivity index (χ3n) is 2.88. The van der Waals surface area contributed by atoms with Crippen molar-refractivity contribution in [3.8, 4) is 17.7 Å². The molecule has 0 aliphatic rings. The Morgan fingerprint density at radius 3 is 2.63 bits per heavy atom. The van der Waals surface area contributed by atoms with Gasteiger partial charge in [-0.05, 0) is 48.2 Å². The number of hydrogen-bond acceptors (Lipinski definition) is 3. The van der Waals surface area contributed by atoms with Crippen LogP contribution in [-0.2, 0) is 0 Å². The molecule has 19 heavy (non-hydrogen) atoms. The van der Waals surface area contributed by atoms with Crippen LogP contribution < -0.4 is 4.74 Å². The lowest BCUT2D eigenvalue weighted by molar-refractivity contribution is 0.461. The monoisotopic (exact) mass is 252 g/mol. The molecule has 0 spiro atoms. The number of nitrogens with zero attached hydrogens (tertiary/aromatic N) is 2. The SMILES string of the molecule is Cc1ccnc(Oc2ccc(C#N)c(C(C)C)c2)c1. The molecular formula is C16H16N2O. The normalized spacial score (nSPS) is 10.3. The zero-order valence-electron chi connectivity index (χ0n) is 11.3. The molecule has 0 aliphatic carbocycles. The van der Waals surface area contributed by atoms with Crippen molar-refractivity contribution < 1.29 is 4.74 Å². The van der Waals surface area contributed by atoms with E-state index in [1.807, 2.05) is 25.1 Å². The van der Waals surface area contributed by atoms with Crippen LogP contribution in [-0.4, -0.2) is 4.98 Å². The van der Waals surface area contributed by atoms with Crippen molar-refractivity contribution in [1.29, 1.82) is 5.26 Å². The lowest BCUT2D eigenvalue weighted by atomic mass is 9.98. The molecule has 1 heterocycles. The van der Waals surface area contributed by atoms with Gasteiger partial charge in [-0.3, -0.25) is 0 Å². The van der Waals surface area contributed by atoms with Crippen LogP contribution in [0.1, 0.15) is 36.5 Å². The molecule has 2 rings (SSSR count). The summed E-state index contributed by atoms with van der Waals surface area (Å²) in [6.07, 6.45) is 1.72. The summed E-state index contributed by atoms with van der Waals surface area (Å²) in [6, 6.07) is 11.5. The fraction of sp³-hybridized carbons (Fsp3) is 0.250. The number of ether oxygens (including phenoxy) is 1. The Hall–Kier alpha value is -2.34. The van der Waals surface area contributed by atoms with Gasteiger partial charge in [0.2, 0.25) is 5.88 Å². The molecule has 2 aromatic rings. The molecule has 1 aromatic carbocycles. The third kappa shape index (κ3) is 3.11. The van der Waals surface area contributed by atoms with Crippen LogP contribution in [0.15, 0.2) is 36.5 Å². The summed E-state index contributed by atoms with van der Waals surface area (Å²) in [4.78, 5) is 4.16. The second kappa shape index (κ2) is 5.53. The minimum atomic E-state index is 0.281. The highest BCUT2D eigenvalue weighted by Gasteiger charge is 2.09. The zero-order valence-corrected chi connectivity index (χ0v) is 11.3. The van der Waals surface area contributed by atoms with E-state index in [-0.39, 0.29) is 5.92 Å². The van der Waals surface area contributed by atoms with Gasteiger partial charge in [-0.15, -0.1) is 0 Å². The van der Waals surface area contributed by atoms with Gasteiger partial charge in [0.05, 0.1) is 11.6 Å². The highest BCUT2D eigenvalue weighted by molar-refractivity contribution is 5.45. The lowest BCUT2D eigenvalue weighted by Gasteiger charge is -2.11. The molecule has 3 nitrogen and oxygen atoms in total. The fourth-order valence-corrected chi connectivity index (χ4v) is 1.87. The van der Waals surface area contributed by atoms with E-state index in [1.54, 1.807) is 18.3 Å². The number of pyridine rings is 1. The average Bonchev–Trinajstić information content (AvgIpc) is 2.38. The van der Waals surface area contributed by atoms with Gasteiger partial charge >= 0.3 is 0 Å². The van der Waals surface area contributed by atoms with Crippen LogP contribution in [0.25, 0.3) is 0 Å². The highest BCUT2D eigenvalue weighted by Crippen LogP contribution is 2.27. The van der Waals surface area contributed by atoms with E-state index >= 15 is 0 Å². The second-order valence-electron chi connectivity index (χ2n) is 4.79. The molecule has 96 valence electrons. The predicted molar refractivity (Wildman–Crippen MR) is 74.3 cm³/mol. The maximum absolute atomic E-state index is 9.08. The summed E-state index contributed by atoms with van der Waals surface area (Å²) >= 11 is 0. The molecule has 1 aromatic heterocycles. The first-order valence-electron chi connectivity index (χ1n) is 6.24. The number of nitriles is 1. The van der Waals surface area contributed by atoms with E-state index in [4.69, 9.17) is 10.00 Å².